The molecule has 0 saturated heterocycles. The minimum absolute atomic E-state index is 0.192. The van der Waals surface area contributed by atoms with Gasteiger partial charge in [-0.3, -0.25) is 4.90 Å². The van der Waals surface area contributed by atoms with Crippen molar-refractivity contribution in [3.8, 4) is 0 Å². The van der Waals surface area contributed by atoms with Gasteiger partial charge in [0.05, 0.1) is 0 Å². The Hall–Kier alpha value is -0.0800. The zero-order chi connectivity index (χ0) is 11.7. The summed E-state index contributed by atoms with van der Waals surface area (Å²) in [5.41, 5.74) is 6.71. The lowest BCUT2D eigenvalue weighted by atomic mass is 9.81. The molecule has 1 fully saturated rings. The van der Waals surface area contributed by atoms with Gasteiger partial charge in [0.15, 0.2) is 0 Å². The summed E-state index contributed by atoms with van der Waals surface area (Å²) in [6.45, 7) is 13.5. The van der Waals surface area contributed by atoms with Crippen molar-refractivity contribution in [3.05, 3.63) is 0 Å². The SMILES string of the molecule is CCCN(C(C)C)C(C)(CN)C1(C)CC1. The normalized spacial score (nSPS) is 23.2. The molecule has 1 unspecified atom stereocenters. The van der Waals surface area contributed by atoms with Crippen LogP contribution in [0.4, 0.5) is 0 Å². The van der Waals surface area contributed by atoms with Gasteiger partial charge in [-0.05, 0) is 52.0 Å². The van der Waals surface area contributed by atoms with Gasteiger partial charge >= 0.3 is 0 Å². The molecule has 1 rings (SSSR count). The highest BCUT2D eigenvalue weighted by Crippen LogP contribution is 2.55. The average Bonchev–Trinajstić information content (AvgIpc) is 2.92. The smallest absolute Gasteiger partial charge is 0.0359 e. The first kappa shape index (κ1) is 13.0. The van der Waals surface area contributed by atoms with Crippen LogP contribution in [0.5, 0.6) is 0 Å². The van der Waals surface area contributed by atoms with Crippen LogP contribution in [0.2, 0.25) is 0 Å². The molecule has 1 atom stereocenters. The van der Waals surface area contributed by atoms with E-state index in [-0.39, 0.29) is 5.54 Å². The second kappa shape index (κ2) is 4.42. The molecular weight excluding hydrogens is 184 g/mol. The fraction of sp³-hybridized carbons (Fsp3) is 1.00. The van der Waals surface area contributed by atoms with Crippen molar-refractivity contribution in [1.29, 1.82) is 0 Å². The van der Waals surface area contributed by atoms with Crippen LogP contribution in [0.1, 0.15) is 53.9 Å². The van der Waals surface area contributed by atoms with Crippen LogP contribution >= 0.6 is 0 Å². The van der Waals surface area contributed by atoms with E-state index in [0.29, 0.717) is 11.5 Å². The highest BCUT2D eigenvalue weighted by molar-refractivity contribution is 5.10. The summed E-state index contributed by atoms with van der Waals surface area (Å²) >= 11 is 0. The van der Waals surface area contributed by atoms with E-state index in [2.05, 4.69) is 39.5 Å². The molecule has 1 aliphatic rings. The van der Waals surface area contributed by atoms with Crippen molar-refractivity contribution in [2.24, 2.45) is 11.1 Å². The Morgan fingerprint density at radius 1 is 1.40 bits per heavy atom. The molecule has 0 aromatic carbocycles. The Morgan fingerprint density at radius 3 is 2.20 bits per heavy atom. The molecule has 0 spiro atoms. The minimum atomic E-state index is 0.192. The zero-order valence-corrected chi connectivity index (χ0v) is 11.1. The molecule has 90 valence electrons. The first-order chi connectivity index (χ1) is 6.91. The third kappa shape index (κ3) is 2.21. The highest BCUT2D eigenvalue weighted by atomic mass is 15.2. The van der Waals surface area contributed by atoms with Gasteiger partial charge < -0.3 is 5.73 Å². The third-order valence-corrected chi connectivity index (χ3v) is 4.42. The summed E-state index contributed by atoms with van der Waals surface area (Å²) < 4.78 is 0. The van der Waals surface area contributed by atoms with E-state index in [1.807, 2.05) is 0 Å². The van der Waals surface area contributed by atoms with Crippen molar-refractivity contribution in [1.82, 2.24) is 4.90 Å². The third-order valence-electron chi connectivity index (χ3n) is 4.42. The Morgan fingerprint density at radius 2 is 1.93 bits per heavy atom. The van der Waals surface area contributed by atoms with Crippen molar-refractivity contribution in [3.63, 3.8) is 0 Å². The van der Waals surface area contributed by atoms with Crippen LogP contribution in [-0.4, -0.2) is 29.6 Å². The molecule has 0 bridgehead atoms. The van der Waals surface area contributed by atoms with E-state index in [1.165, 1.54) is 25.8 Å². The Kier molecular flexibility index (Phi) is 3.83. The minimum Gasteiger partial charge on any atom is -0.329 e. The Balaban J connectivity index is 2.86. The van der Waals surface area contributed by atoms with Crippen LogP contribution in [0.3, 0.4) is 0 Å². The van der Waals surface area contributed by atoms with Gasteiger partial charge in [0.25, 0.3) is 0 Å². The number of hydrogen-bond acceptors (Lipinski definition) is 2. The van der Waals surface area contributed by atoms with Crippen LogP contribution in [-0.2, 0) is 0 Å². The highest BCUT2D eigenvalue weighted by Gasteiger charge is 2.55. The summed E-state index contributed by atoms with van der Waals surface area (Å²) in [6.07, 6.45) is 3.89. The lowest BCUT2D eigenvalue weighted by Gasteiger charge is -2.48. The van der Waals surface area contributed by atoms with Gasteiger partial charge in [-0.25, -0.2) is 0 Å². The molecular formula is C13H28N2. The summed E-state index contributed by atoms with van der Waals surface area (Å²) in [5.74, 6) is 0. The molecule has 0 aromatic heterocycles. The largest absolute Gasteiger partial charge is 0.329 e. The topological polar surface area (TPSA) is 29.3 Å². The van der Waals surface area contributed by atoms with Crippen molar-refractivity contribution in [2.75, 3.05) is 13.1 Å². The summed E-state index contributed by atoms with van der Waals surface area (Å²) in [4.78, 5) is 2.61. The maximum absolute atomic E-state index is 6.06. The van der Waals surface area contributed by atoms with Gasteiger partial charge in [-0.15, -0.1) is 0 Å². The summed E-state index contributed by atoms with van der Waals surface area (Å²) in [6, 6.07) is 0.593. The second-order valence-corrected chi connectivity index (χ2v) is 5.83. The zero-order valence-electron chi connectivity index (χ0n) is 11.1. The van der Waals surface area contributed by atoms with Gasteiger partial charge in [0, 0.05) is 18.1 Å². The molecule has 1 aliphatic carbocycles. The first-order valence-corrected chi connectivity index (χ1v) is 6.38. The lowest BCUT2D eigenvalue weighted by molar-refractivity contribution is 0.0210. The van der Waals surface area contributed by atoms with E-state index < -0.39 is 0 Å². The lowest BCUT2D eigenvalue weighted by Crippen LogP contribution is -2.59. The molecule has 0 amide bonds. The fourth-order valence-electron chi connectivity index (χ4n) is 2.75. The van der Waals surface area contributed by atoms with E-state index in [4.69, 9.17) is 5.73 Å². The molecule has 0 heterocycles. The molecule has 0 aliphatic heterocycles. The molecule has 0 aromatic rings. The molecule has 2 nitrogen and oxygen atoms in total. The van der Waals surface area contributed by atoms with Gasteiger partial charge in [-0.1, -0.05) is 13.8 Å². The van der Waals surface area contributed by atoms with Crippen LogP contribution in [0, 0.1) is 5.41 Å². The van der Waals surface area contributed by atoms with Crippen molar-refractivity contribution >= 4 is 0 Å². The average molecular weight is 212 g/mol. The van der Waals surface area contributed by atoms with E-state index in [1.54, 1.807) is 0 Å². The first-order valence-electron chi connectivity index (χ1n) is 6.38. The standard InChI is InChI=1S/C13H28N2/c1-6-9-15(11(2)3)13(5,10-14)12(4)7-8-12/h11H,6-10,14H2,1-5H3. The number of rotatable bonds is 6. The quantitative estimate of drug-likeness (QED) is 0.733. The van der Waals surface area contributed by atoms with Crippen molar-refractivity contribution < 1.29 is 0 Å². The van der Waals surface area contributed by atoms with Crippen LogP contribution in [0.25, 0.3) is 0 Å². The summed E-state index contributed by atoms with van der Waals surface area (Å²) in [7, 11) is 0. The number of nitrogens with zero attached hydrogens (tertiary/aromatic N) is 1. The predicted octanol–water partition coefficient (Wildman–Crippen LogP) is 2.62. The summed E-state index contributed by atoms with van der Waals surface area (Å²) in [5, 5.41) is 0. The number of nitrogens with two attached hydrogens (primary N) is 1. The molecule has 0 radical (unpaired) electrons. The maximum Gasteiger partial charge on any atom is 0.0359 e. The van der Waals surface area contributed by atoms with Crippen LogP contribution < -0.4 is 5.73 Å². The maximum atomic E-state index is 6.06. The molecule has 15 heavy (non-hydrogen) atoms. The van der Waals surface area contributed by atoms with Gasteiger partial charge in [0.2, 0.25) is 0 Å². The number of hydrogen-bond donors (Lipinski definition) is 1. The van der Waals surface area contributed by atoms with Crippen LogP contribution in [0.15, 0.2) is 0 Å². The molecule has 2 heteroatoms. The van der Waals surface area contributed by atoms with Gasteiger partial charge in [0.1, 0.15) is 0 Å². The van der Waals surface area contributed by atoms with Crippen molar-refractivity contribution in [2.45, 2.75) is 65.5 Å². The molecule has 1 saturated carbocycles. The monoisotopic (exact) mass is 212 g/mol. The van der Waals surface area contributed by atoms with E-state index >= 15 is 0 Å². The fourth-order valence-corrected chi connectivity index (χ4v) is 2.75. The van der Waals surface area contributed by atoms with E-state index in [9.17, 15) is 0 Å². The van der Waals surface area contributed by atoms with E-state index in [0.717, 1.165) is 6.54 Å². The second-order valence-electron chi connectivity index (χ2n) is 5.83. The Labute approximate surface area is 95.2 Å². The van der Waals surface area contributed by atoms with Gasteiger partial charge in [-0.2, -0.15) is 0 Å². The molecule has 2 N–H and O–H groups in total. The predicted molar refractivity (Wildman–Crippen MR) is 66.9 cm³/mol. The Bertz CT molecular complexity index is 209.